The van der Waals surface area contributed by atoms with Gasteiger partial charge in [-0.3, -0.25) is 0 Å². The van der Waals surface area contributed by atoms with E-state index in [1.54, 1.807) is 0 Å². The molecule has 1 atom stereocenters. The monoisotopic (exact) mass is 185 g/mol. The molecular weight excluding hydrogens is 171 g/mol. The van der Waals surface area contributed by atoms with Crippen LogP contribution in [-0.4, -0.2) is 25.4 Å². The van der Waals surface area contributed by atoms with Gasteiger partial charge in [-0.05, 0) is 6.42 Å². The maximum atomic E-state index is 11.6. The van der Waals surface area contributed by atoms with Gasteiger partial charge >= 0.3 is 6.18 Å². The highest BCUT2D eigenvalue weighted by atomic mass is 19.4. The van der Waals surface area contributed by atoms with E-state index in [0.29, 0.717) is 6.42 Å². The lowest BCUT2D eigenvalue weighted by atomic mass is 10.3. The van der Waals surface area contributed by atoms with E-state index in [1.807, 2.05) is 6.92 Å². The minimum atomic E-state index is -4.13. The summed E-state index contributed by atoms with van der Waals surface area (Å²) in [6, 6.07) is 0. The molecule has 0 saturated carbocycles. The van der Waals surface area contributed by atoms with Crippen LogP contribution in [0.2, 0.25) is 0 Å². The Morgan fingerprint density at radius 1 is 1.42 bits per heavy atom. The van der Waals surface area contributed by atoms with E-state index in [0.717, 1.165) is 0 Å². The minimum absolute atomic E-state index is 0.243. The number of rotatable bonds is 5. The van der Waals surface area contributed by atoms with E-state index in [2.05, 4.69) is 0 Å². The third-order valence-electron chi connectivity index (χ3n) is 1.46. The van der Waals surface area contributed by atoms with Gasteiger partial charge in [0.05, 0.1) is 19.1 Å². The summed E-state index contributed by atoms with van der Waals surface area (Å²) >= 11 is 0. The van der Waals surface area contributed by atoms with E-state index in [9.17, 15) is 13.2 Å². The van der Waals surface area contributed by atoms with Crippen molar-refractivity contribution in [3.63, 3.8) is 0 Å². The van der Waals surface area contributed by atoms with Gasteiger partial charge in [-0.2, -0.15) is 13.2 Å². The molecular formula is C7H14F3NO. The van der Waals surface area contributed by atoms with Crippen LogP contribution in [0.15, 0.2) is 0 Å². The van der Waals surface area contributed by atoms with Crippen molar-refractivity contribution in [3.8, 4) is 0 Å². The third-order valence-corrected chi connectivity index (χ3v) is 1.46. The zero-order valence-electron chi connectivity index (χ0n) is 7.03. The Hall–Kier alpha value is -0.290. The highest BCUT2D eigenvalue weighted by Gasteiger charge is 2.26. The van der Waals surface area contributed by atoms with Gasteiger partial charge in [0, 0.05) is 6.54 Å². The molecule has 0 aromatic heterocycles. The Morgan fingerprint density at radius 3 is 2.33 bits per heavy atom. The molecule has 74 valence electrons. The van der Waals surface area contributed by atoms with Crippen molar-refractivity contribution >= 4 is 0 Å². The molecule has 12 heavy (non-hydrogen) atoms. The van der Waals surface area contributed by atoms with Crippen LogP contribution in [0.4, 0.5) is 13.2 Å². The van der Waals surface area contributed by atoms with E-state index in [1.165, 1.54) is 0 Å². The van der Waals surface area contributed by atoms with Crippen molar-refractivity contribution in [2.45, 2.75) is 32.0 Å². The van der Waals surface area contributed by atoms with Gasteiger partial charge in [0.25, 0.3) is 0 Å². The Labute approximate surface area is 69.9 Å². The summed E-state index contributed by atoms with van der Waals surface area (Å²) in [4.78, 5) is 0. The zero-order valence-corrected chi connectivity index (χ0v) is 7.03. The van der Waals surface area contributed by atoms with E-state index in [4.69, 9.17) is 10.5 Å². The Morgan fingerprint density at radius 2 is 2.00 bits per heavy atom. The fraction of sp³-hybridized carbons (Fsp3) is 1.00. The lowest BCUT2D eigenvalue weighted by Crippen LogP contribution is -2.24. The third kappa shape index (κ3) is 6.42. The van der Waals surface area contributed by atoms with Crippen LogP contribution >= 0.6 is 0 Å². The zero-order chi connectivity index (χ0) is 9.61. The fourth-order valence-electron chi connectivity index (χ4n) is 0.694. The van der Waals surface area contributed by atoms with Gasteiger partial charge < -0.3 is 10.5 Å². The van der Waals surface area contributed by atoms with Crippen LogP contribution < -0.4 is 5.73 Å². The Balaban J connectivity index is 3.41. The smallest absolute Gasteiger partial charge is 0.377 e. The molecule has 2 N–H and O–H groups in total. The van der Waals surface area contributed by atoms with Crippen molar-refractivity contribution in [3.05, 3.63) is 0 Å². The second-order valence-electron chi connectivity index (χ2n) is 2.50. The summed E-state index contributed by atoms with van der Waals surface area (Å²) in [6.45, 7) is 1.80. The van der Waals surface area contributed by atoms with Crippen molar-refractivity contribution in [2.75, 3.05) is 13.2 Å². The van der Waals surface area contributed by atoms with Crippen molar-refractivity contribution in [1.29, 1.82) is 0 Å². The first kappa shape index (κ1) is 11.7. The average molecular weight is 185 g/mol. The van der Waals surface area contributed by atoms with Crippen LogP contribution in [0.1, 0.15) is 19.8 Å². The first-order valence-electron chi connectivity index (χ1n) is 3.88. The summed E-state index contributed by atoms with van der Waals surface area (Å²) in [5.74, 6) is 0. The molecule has 0 aliphatic carbocycles. The maximum Gasteiger partial charge on any atom is 0.391 e. The van der Waals surface area contributed by atoms with Crippen molar-refractivity contribution in [2.24, 2.45) is 5.73 Å². The normalized spacial score (nSPS) is 14.8. The topological polar surface area (TPSA) is 35.2 Å². The quantitative estimate of drug-likeness (QED) is 0.707. The number of hydrogen-bond donors (Lipinski definition) is 1. The number of nitrogens with two attached hydrogens (primary N) is 1. The molecule has 0 aromatic rings. The van der Waals surface area contributed by atoms with E-state index < -0.39 is 12.6 Å². The standard InChI is InChI=1S/C7H14F3NO/c1-2-6(5-11)12-4-3-7(8,9)10/h6H,2-5,11H2,1H3. The summed E-state index contributed by atoms with van der Waals surface area (Å²) in [6.07, 6.45) is -4.63. The average Bonchev–Trinajstić information content (AvgIpc) is 1.96. The lowest BCUT2D eigenvalue weighted by Gasteiger charge is -2.14. The van der Waals surface area contributed by atoms with Gasteiger partial charge in [-0.1, -0.05) is 6.92 Å². The molecule has 0 bridgehead atoms. The van der Waals surface area contributed by atoms with Crippen molar-refractivity contribution < 1.29 is 17.9 Å². The number of ether oxygens (including phenoxy) is 1. The summed E-state index contributed by atoms with van der Waals surface area (Å²) in [5, 5.41) is 0. The lowest BCUT2D eigenvalue weighted by molar-refractivity contribution is -0.148. The van der Waals surface area contributed by atoms with Crippen LogP contribution in [0.5, 0.6) is 0 Å². The van der Waals surface area contributed by atoms with Gasteiger partial charge in [0.2, 0.25) is 0 Å². The molecule has 5 heteroatoms. The van der Waals surface area contributed by atoms with Gasteiger partial charge in [0.15, 0.2) is 0 Å². The first-order valence-corrected chi connectivity index (χ1v) is 3.88. The SMILES string of the molecule is CCC(CN)OCCC(F)(F)F. The number of alkyl halides is 3. The highest BCUT2D eigenvalue weighted by molar-refractivity contribution is 4.56. The first-order chi connectivity index (χ1) is 5.49. The number of hydrogen-bond acceptors (Lipinski definition) is 2. The molecule has 2 nitrogen and oxygen atoms in total. The Bertz CT molecular complexity index is 112. The summed E-state index contributed by atoms with van der Waals surface area (Å²) in [7, 11) is 0. The second-order valence-corrected chi connectivity index (χ2v) is 2.50. The van der Waals surface area contributed by atoms with Gasteiger partial charge in [-0.25, -0.2) is 0 Å². The molecule has 1 unspecified atom stereocenters. The van der Waals surface area contributed by atoms with E-state index in [-0.39, 0.29) is 19.3 Å². The van der Waals surface area contributed by atoms with Crippen molar-refractivity contribution in [1.82, 2.24) is 0 Å². The maximum absolute atomic E-state index is 11.6. The molecule has 0 heterocycles. The van der Waals surface area contributed by atoms with E-state index >= 15 is 0 Å². The molecule has 0 amide bonds. The van der Waals surface area contributed by atoms with Gasteiger partial charge in [-0.15, -0.1) is 0 Å². The highest BCUT2D eigenvalue weighted by Crippen LogP contribution is 2.19. The van der Waals surface area contributed by atoms with Gasteiger partial charge in [0.1, 0.15) is 0 Å². The molecule has 0 aliphatic rings. The number of halogens is 3. The molecule has 0 saturated heterocycles. The molecule has 0 radical (unpaired) electrons. The molecule has 0 fully saturated rings. The predicted octanol–water partition coefficient (Wildman–Crippen LogP) is 1.69. The summed E-state index contributed by atoms with van der Waals surface area (Å²) < 4.78 is 39.7. The van der Waals surface area contributed by atoms with Crippen LogP contribution in [-0.2, 0) is 4.74 Å². The predicted molar refractivity (Wildman–Crippen MR) is 39.8 cm³/mol. The Kier molecular flexibility index (Phi) is 5.24. The molecule has 0 aliphatic heterocycles. The second kappa shape index (κ2) is 5.37. The largest absolute Gasteiger partial charge is 0.391 e. The molecule has 0 aromatic carbocycles. The van der Waals surface area contributed by atoms with Crippen LogP contribution in [0.3, 0.4) is 0 Å². The summed E-state index contributed by atoms with van der Waals surface area (Å²) in [5.41, 5.74) is 5.23. The van der Waals surface area contributed by atoms with Crippen LogP contribution in [0, 0.1) is 0 Å². The molecule has 0 spiro atoms. The minimum Gasteiger partial charge on any atom is -0.377 e. The fourth-order valence-corrected chi connectivity index (χ4v) is 0.694. The van der Waals surface area contributed by atoms with Crippen LogP contribution in [0.25, 0.3) is 0 Å². The molecule has 0 rings (SSSR count).